The molecule has 0 amide bonds. The SMILES string of the molecule is C=C1CCC[C@@H]2CC=C[C@@H](C/C=C\C(=O)O[C@H]([C@@H](O)/C=C/[C@@H]3CC(C)=CCO3)C[C@@H]3O[C@H]3[C@@H](O)C1)O2. The molecule has 4 rings (SSSR count). The maximum Gasteiger partial charge on any atom is 0.330 e. The zero-order valence-corrected chi connectivity index (χ0v) is 21.2. The molecule has 1 fully saturated rings. The van der Waals surface area contributed by atoms with Crippen LogP contribution in [0.5, 0.6) is 0 Å². The van der Waals surface area contributed by atoms with Gasteiger partial charge in [0.15, 0.2) is 0 Å². The van der Waals surface area contributed by atoms with Crippen molar-refractivity contribution in [1.82, 2.24) is 0 Å². The van der Waals surface area contributed by atoms with Crippen LogP contribution in [0.25, 0.3) is 0 Å². The number of epoxide rings is 1. The number of aliphatic hydroxyl groups is 2. The first kappa shape index (κ1) is 27.0. The van der Waals surface area contributed by atoms with Crippen molar-refractivity contribution >= 4 is 5.97 Å². The molecule has 36 heavy (non-hydrogen) atoms. The van der Waals surface area contributed by atoms with Gasteiger partial charge in [-0.3, -0.25) is 0 Å². The van der Waals surface area contributed by atoms with Crippen LogP contribution in [-0.2, 0) is 23.7 Å². The van der Waals surface area contributed by atoms with E-state index in [0.717, 1.165) is 37.7 Å². The highest BCUT2D eigenvalue weighted by molar-refractivity contribution is 5.82. The number of fused-ring (bicyclic) bond motifs is 3. The molecule has 0 aromatic heterocycles. The first-order chi connectivity index (χ1) is 17.4. The van der Waals surface area contributed by atoms with Crippen molar-refractivity contribution in [1.29, 1.82) is 0 Å². The second-order valence-electron chi connectivity index (χ2n) is 10.4. The van der Waals surface area contributed by atoms with Crippen LogP contribution in [0.1, 0.15) is 58.3 Å². The van der Waals surface area contributed by atoms with Crippen molar-refractivity contribution in [3.8, 4) is 0 Å². The van der Waals surface area contributed by atoms with Gasteiger partial charge in [0.1, 0.15) is 18.3 Å². The number of esters is 1. The number of carbonyl (C=O) groups excluding carboxylic acids is 1. The maximum atomic E-state index is 12.6. The number of rotatable bonds is 3. The third-order valence-electron chi connectivity index (χ3n) is 7.20. The first-order valence-electron chi connectivity index (χ1n) is 13.2. The molecule has 4 heterocycles. The van der Waals surface area contributed by atoms with Gasteiger partial charge in [-0.2, -0.15) is 0 Å². The zero-order valence-electron chi connectivity index (χ0n) is 21.2. The van der Waals surface area contributed by atoms with Crippen molar-refractivity contribution in [3.63, 3.8) is 0 Å². The molecule has 0 saturated carbocycles. The molecule has 0 aromatic carbocycles. The Labute approximate surface area is 214 Å². The average Bonchev–Trinajstić information content (AvgIpc) is 3.61. The number of aliphatic hydroxyl groups excluding tert-OH is 2. The van der Waals surface area contributed by atoms with Gasteiger partial charge in [-0.1, -0.05) is 54.2 Å². The number of carbonyl (C=O) groups is 1. The minimum Gasteiger partial charge on any atom is -0.456 e. The van der Waals surface area contributed by atoms with Gasteiger partial charge in [0, 0.05) is 12.5 Å². The number of hydrogen-bond donors (Lipinski definition) is 2. The van der Waals surface area contributed by atoms with E-state index in [2.05, 4.69) is 19.6 Å². The Bertz CT molecular complexity index is 888. The molecule has 0 radical (unpaired) electrons. The molecule has 0 aliphatic carbocycles. The molecule has 8 atom stereocenters. The summed E-state index contributed by atoms with van der Waals surface area (Å²) >= 11 is 0. The molecule has 2 bridgehead atoms. The van der Waals surface area contributed by atoms with Gasteiger partial charge in [0.2, 0.25) is 0 Å². The smallest absolute Gasteiger partial charge is 0.330 e. The van der Waals surface area contributed by atoms with Crippen molar-refractivity contribution < 1.29 is 34.0 Å². The largest absolute Gasteiger partial charge is 0.456 e. The molecule has 0 spiro atoms. The topological polar surface area (TPSA) is 97.8 Å². The lowest BCUT2D eigenvalue weighted by Crippen LogP contribution is -2.32. The van der Waals surface area contributed by atoms with E-state index in [1.807, 2.05) is 18.2 Å². The van der Waals surface area contributed by atoms with E-state index in [1.165, 1.54) is 11.6 Å². The molecule has 4 aliphatic heterocycles. The molecular weight excluding hydrogens is 460 g/mol. The van der Waals surface area contributed by atoms with Crippen LogP contribution in [0.3, 0.4) is 0 Å². The van der Waals surface area contributed by atoms with Gasteiger partial charge in [0.25, 0.3) is 0 Å². The third kappa shape index (κ3) is 8.25. The Balaban J connectivity index is 1.43. The van der Waals surface area contributed by atoms with E-state index in [0.29, 0.717) is 25.9 Å². The quantitative estimate of drug-likeness (QED) is 0.345. The van der Waals surface area contributed by atoms with Gasteiger partial charge in [-0.25, -0.2) is 4.79 Å². The summed E-state index contributed by atoms with van der Waals surface area (Å²) in [5.41, 5.74) is 2.23. The van der Waals surface area contributed by atoms with Crippen molar-refractivity contribution in [2.75, 3.05) is 6.61 Å². The van der Waals surface area contributed by atoms with Gasteiger partial charge in [-0.05, 0) is 51.9 Å². The number of ether oxygens (including phenoxy) is 4. The Morgan fingerprint density at radius 2 is 2.06 bits per heavy atom. The van der Waals surface area contributed by atoms with E-state index in [1.54, 1.807) is 12.2 Å². The Morgan fingerprint density at radius 3 is 2.89 bits per heavy atom. The molecule has 4 aliphatic rings. The molecule has 2 N–H and O–H groups in total. The molecule has 0 aromatic rings. The van der Waals surface area contributed by atoms with Crippen LogP contribution in [0.4, 0.5) is 0 Å². The average molecular weight is 501 g/mol. The van der Waals surface area contributed by atoms with Crippen LogP contribution >= 0.6 is 0 Å². The molecule has 7 heteroatoms. The number of hydrogen-bond acceptors (Lipinski definition) is 7. The summed E-state index contributed by atoms with van der Waals surface area (Å²) in [6.07, 6.45) is 15.3. The summed E-state index contributed by atoms with van der Waals surface area (Å²) in [4.78, 5) is 12.6. The summed E-state index contributed by atoms with van der Waals surface area (Å²) in [6.45, 7) is 6.74. The minimum absolute atomic E-state index is 0.0744. The predicted octanol–water partition coefficient (Wildman–Crippen LogP) is 3.86. The normalized spacial score (nSPS) is 38.3. The van der Waals surface area contributed by atoms with E-state index >= 15 is 0 Å². The highest BCUT2D eigenvalue weighted by atomic mass is 16.6. The second-order valence-corrected chi connectivity index (χ2v) is 10.4. The zero-order chi connectivity index (χ0) is 25.5. The van der Waals surface area contributed by atoms with E-state index in [-0.39, 0.29) is 30.5 Å². The standard InChI is InChI=1S/C29H40O7/c1-19-6-3-7-21-8-4-9-22(34-21)10-5-11-28(32)35-26(18-27-29(36-27)25(31)17-19)24(30)13-12-23-16-20(2)14-15-33-23/h4-5,9,11-14,21-27,29-31H,1,3,6-8,10,15-18H2,2H3/b11-5-,13-12+/t21-,22+,23-,24+,25+,26+,27+,29+/m1/s1. The fourth-order valence-corrected chi connectivity index (χ4v) is 5.06. The van der Waals surface area contributed by atoms with Gasteiger partial charge < -0.3 is 29.2 Å². The van der Waals surface area contributed by atoms with Gasteiger partial charge in [-0.15, -0.1) is 0 Å². The maximum absolute atomic E-state index is 12.6. The fraction of sp³-hybridized carbons (Fsp3) is 0.621. The summed E-state index contributed by atoms with van der Waals surface area (Å²) in [7, 11) is 0. The van der Waals surface area contributed by atoms with Crippen molar-refractivity contribution in [2.45, 2.75) is 107 Å². The van der Waals surface area contributed by atoms with Gasteiger partial charge in [0.05, 0.1) is 37.1 Å². The summed E-state index contributed by atoms with van der Waals surface area (Å²) in [5, 5.41) is 21.5. The van der Waals surface area contributed by atoms with Crippen molar-refractivity contribution in [3.05, 3.63) is 60.3 Å². The predicted molar refractivity (Wildman–Crippen MR) is 136 cm³/mol. The molecular formula is C29H40O7. The molecule has 1 saturated heterocycles. The lowest BCUT2D eigenvalue weighted by atomic mass is 9.97. The lowest BCUT2D eigenvalue weighted by Gasteiger charge is -2.25. The fourth-order valence-electron chi connectivity index (χ4n) is 5.06. The Morgan fingerprint density at radius 1 is 1.19 bits per heavy atom. The minimum atomic E-state index is -1.02. The second kappa shape index (κ2) is 13.0. The van der Waals surface area contributed by atoms with Crippen LogP contribution in [0, 0.1) is 0 Å². The Hall–Kier alpha value is -2.03. The Kier molecular flexibility index (Phi) is 9.73. The third-order valence-corrected chi connectivity index (χ3v) is 7.20. The molecule has 0 unspecified atom stereocenters. The summed E-state index contributed by atoms with van der Waals surface area (Å²) < 4.78 is 23.2. The lowest BCUT2D eigenvalue weighted by molar-refractivity contribution is -0.148. The van der Waals surface area contributed by atoms with Crippen LogP contribution < -0.4 is 0 Å². The first-order valence-corrected chi connectivity index (χ1v) is 13.2. The highest BCUT2D eigenvalue weighted by Gasteiger charge is 2.46. The van der Waals surface area contributed by atoms with Crippen LogP contribution in [0.15, 0.2) is 60.3 Å². The summed E-state index contributed by atoms with van der Waals surface area (Å²) in [5.74, 6) is -0.524. The van der Waals surface area contributed by atoms with Crippen molar-refractivity contribution in [2.24, 2.45) is 0 Å². The highest BCUT2D eigenvalue weighted by Crippen LogP contribution is 2.34. The monoisotopic (exact) mass is 500 g/mol. The van der Waals surface area contributed by atoms with E-state index < -0.39 is 24.3 Å². The van der Waals surface area contributed by atoms with Gasteiger partial charge >= 0.3 is 5.97 Å². The van der Waals surface area contributed by atoms with E-state index in [9.17, 15) is 15.0 Å². The number of cyclic esters (lactones) is 1. The molecule has 7 nitrogen and oxygen atoms in total. The van der Waals surface area contributed by atoms with E-state index in [4.69, 9.17) is 18.9 Å². The summed E-state index contributed by atoms with van der Waals surface area (Å²) in [6, 6.07) is 0. The van der Waals surface area contributed by atoms with Crippen LogP contribution in [-0.4, -0.2) is 71.6 Å². The molecule has 198 valence electrons. The van der Waals surface area contributed by atoms with Crippen LogP contribution in [0.2, 0.25) is 0 Å².